The van der Waals surface area contributed by atoms with Crippen molar-refractivity contribution in [3.8, 4) is 0 Å². The minimum atomic E-state index is -3.31. The van der Waals surface area contributed by atoms with E-state index in [-0.39, 0.29) is 17.4 Å². The molecule has 0 spiro atoms. The zero-order chi connectivity index (χ0) is 19.6. The molecule has 0 fully saturated rings. The van der Waals surface area contributed by atoms with E-state index in [4.69, 9.17) is 16.0 Å². The molecule has 1 amide bonds. The van der Waals surface area contributed by atoms with Gasteiger partial charge in [-0.25, -0.2) is 13.1 Å². The van der Waals surface area contributed by atoms with Crippen molar-refractivity contribution in [2.45, 2.75) is 19.2 Å². The van der Waals surface area contributed by atoms with E-state index in [1.54, 1.807) is 42.5 Å². The summed E-state index contributed by atoms with van der Waals surface area (Å²) < 4.78 is 31.1. The Labute approximate surface area is 162 Å². The lowest BCUT2D eigenvalue weighted by Crippen LogP contribution is -2.23. The van der Waals surface area contributed by atoms with Crippen molar-refractivity contribution >= 4 is 38.5 Å². The molecule has 0 unspecified atom stereocenters. The zero-order valence-corrected chi connectivity index (χ0v) is 16.4. The molecule has 6 nitrogen and oxygen atoms in total. The van der Waals surface area contributed by atoms with Crippen LogP contribution in [-0.4, -0.2) is 21.4 Å². The van der Waals surface area contributed by atoms with Crippen molar-refractivity contribution in [1.82, 2.24) is 10.0 Å². The van der Waals surface area contributed by atoms with E-state index in [0.29, 0.717) is 22.7 Å². The highest BCUT2D eigenvalue weighted by Gasteiger charge is 2.17. The second kappa shape index (κ2) is 7.72. The molecule has 0 aliphatic heterocycles. The molecule has 0 aliphatic rings. The molecule has 2 N–H and O–H groups in total. The third kappa shape index (κ3) is 4.50. The summed E-state index contributed by atoms with van der Waals surface area (Å²) in [7, 11) is -1.93. The van der Waals surface area contributed by atoms with Gasteiger partial charge < -0.3 is 9.73 Å². The van der Waals surface area contributed by atoms with Crippen LogP contribution >= 0.6 is 11.6 Å². The number of sulfonamides is 1. The number of hydrogen-bond acceptors (Lipinski definition) is 4. The van der Waals surface area contributed by atoms with Crippen molar-refractivity contribution < 1.29 is 17.6 Å². The molecule has 3 rings (SSSR count). The van der Waals surface area contributed by atoms with E-state index >= 15 is 0 Å². The fraction of sp³-hybridized carbons (Fsp3) is 0.211. The first kappa shape index (κ1) is 19.4. The predicted molar refractivity (Wildman–Crippen MR) is 105 cm³/mol. The molecule has 0 radical (unpaired) electrons. The van der Waals surface area contributed by atoms with Crippen molar-refractivity contribution in [2.24, 2.45) is 0 Å². The van der Waals surface area contributed by atoms with Gasteiger partial charge in [0, 0.05) is 22.5 Å². The second-order valence-electron chi connectivity index (χ2n) is 6.16. The summed E-state index contributed by atoms with van der Waals surface area (Å²) in [5.41, 5.74) is 2.87. The van der Waals surface area contributed by atoms with Crippen molar-refractivity contribution in [2.75, 3.05) is 7.05 Å². The van der Waals surface area contributed by atoms with Gasteiger partial charge in [0.2, 0.25) is 10.0 Å². The molecule has 0 saturated carbocycles. The van der Waals surface area contributed by atoms with E-state index in [1.165, 1.54) is 7.05 Å². The minimum Gasteiger partial charge on any atom is -0.451 e. The Morgan fingerprint density at radius 1 is 1.11 bits per heavy atom. The number of carbonyl (C=O) groups excluding carboxylic acids is 1. The summed E-state index contributed by atoms with van der Waals surface area (Å²) in [5, 5.41) is 4.20. The van der Waals surface area contributed by atoms with Crippen LogP contribution in [0, 0.1) is 6.92 Å². The molecule has 0 atom stereocenters. The number of rotatable bonds is 6. The first-order valence-corrected chi connectivity index (χ1v) is 10.3. The van der Waals surface area contributed by atoms with Gasteiger partial charge in [0.25, 0.3) is 5.91 Å². The molecular weight excluding hydrogens is 388 g/mol. The normalized spacial score (nSPS) is 11.7. The Morgan fingerprint density at radius 3 is 2.44 bits per heavy atom. The zero-order valence-electron chi connectivity index (χ0n) is 14.9. The molecule has 0 saturated heterocycles. The summed E-state index contributed by atoms with van der Waals surface area (Å²) in [6.45, 7) is 2.11. The van der Waals surface area contributed by atoms with Crippen LogP contribution in [0.15, 0.2) is 46.9 Å². The van der Waals surface area contributed by atoms with Crippen molar-refractivity contribution in [1.29, 1.82) is 0 Å². The Kier molecular flexibility index (Phi) is 5.55. The highest BCUT2D eigenvalue weighted by molar-refractivity contribution is 7.88. The van der Waals surface area contributed by atoms with Crippen LogP contribution in [0.3, 0.4) is 0 Å². The summed E-state index contributed by atoms with van der Waals surface area (Å²) in [6, 6.07) is 12.2. The van der Waals surface area contributed by atoms with Crippen LogP contribution in [0.5, 0.6) is 0 Å². The van der Waals surface area contributed by atoms with E-state index in [9.17, 15) is 13.2 Å². The number of nitrogens with one attached hydrogen (secondary N) is 2. The fourth-order valence-corrected chi connectivity index (χ4v) is 3.66. The number of fused-ring (bicyclic) bond motifs is 1. The van der Waals surface area contributed by atoms with E-state index in [1.807, 2.05) is 6.92 Å². The summed E-state index contributed by atoms with van der Waals surface area (Å²) >= 11 is 6.00. The number of halogens is 1. The topological polar surface area (TPSA) is 88.4 Å². The molecule has 3 aromatic rings. The molecule has 1 aromatic heterocycles. The summed E-state index contributed by atoms with van der Waals surface area (Å²) in [4.78, 5) is 12.5. The highest BCUT2D eigenvalue weighted by Crippen LogP contribution is 2.27. The monoisotopic (exact) mass is 406 g/mol. The lowest BCUT2D eigenvalue weighted by atomic mass is 10.1. The van der Waals surface area contributed by atoms with Gasteiger partial charge in [-0.2, -0.15) is 0 Å². The van der Waals surface area contributed by atoms with Crippen LogP contribution in [0.4, 0.5) is 0 Å². The van der Waals surface area contributed by atoms with Gasteiger partial charge in [-0.1, -0.05) is 35.9 Å². The smallest absolute Gasteiger partial charge is 0.287 e. The standard InChI is InChI=1S/C19H19ClN2O4S/c1-12-16-9-15(20)7-8-17(16)26-18(12)19(23)22-10-13-3-5-14(6-4-13)11-27(24,25)21-2/h3-9,21H,10-11H2,1-2H3,(H,22,23). The number of carbonyl (C=O) groups is 1. The first-order valence-electron chi connectivity index (χ1n) is 8.25. The third-order valence-electron chi connectivity index (χ3n) is 4.25. The van der Waals surface area contributed by atoms with Crippen LogP contribution in [0.2, 0.25) is 5.02 Å². The summed E-state index contributed by atoms with van der Waals surface area (Å²) in [5.74, 6) is -0.151. The van der Waals surface area contributed by atoms with Gasteiger partial charge in [0.05, 0.1) is 5.75 Å². The van der Waals surface area contributed by atoms with Gasteiger partial charge in [0.1, 0.15) is 5.58 Å². The number of amides is 1. The molecule has 0 bridgehead atoms. The van der Waals surface area contributed by atoms with Gasteiger partial charge in [0.15, 0.2) is 5.76 Å². The number of furan rings is 1. The number of hydrogen-bond donors (Lipinski definition) is 2. The van der Waals surface area contributed by atoms with Gasteiger partial charge in [-0.15, -0.1) is 0 Å². The van der Waals surface area contributed by atoms with Crippen molar-refractivity contribution in [3.63, 3.8) is 0 Å². The molecule has 142 valence electrons. The lowest BCUT2D eigenvalue weighted by Gasteiger charge is -2.06. The largest absolute Gasteiger partial charge is 0.451 e. The Balaban J connectivity index is 1.68. The number of aryl methyl sites for hydroxylation is 1. The highest BCUT2D eigenvalue weighted by atomic mass is 35.5. The molecule has 27 heavy (non-hydrogen) atoms. The predicted octanol–water partition coefficient (Wildman–Crippen LogP) is 3.37. The first-order chi connectivity index (χ1) is 12.8. The Morgan fingerprint density at radius 2 is 1.78 bits per heavy atom. The SMILES string of the molecule is CNS(=O)(=O)Cc1ccc(CNC(=O)c2oc3ccc(Cl)cc3c2C)cc1. The number of benzene rings is 2. The maximum Gasteiger partial charge on any atom is 0.287 e. The van der Waals surface area contributed by atoms with E-state index in [0.717, 1.165) is 16.5 Å². The van der Waals surface area contributed by atoms with Crippen LogP contribution in [0.25, 0.3) is 11.0 Å². The molecule has 2 aromatic carbocycles. The average Bonchev–Trinajstić information content (AvgIpc) is 2.97. The lowest BCUT2D eigenvalue weighted by molar-refractivity contribution is 0.0924. The quantitative estimate of drug-likeness (QED) is 0.656. The van der Waals surface area contributed by atoms with Crippen LogP contribution in [0.1, 0.15) is 27.2 Å². The van der Waals surface area contributed by atoms with Gasteiger partial charge in [-0.3, -0.25) is 4.79 Å². The molecular formula is C19H19ClN2O4S. The van der Waals surface area contributed by atoms with E-state index < -0.39 is 10.0 Å². The van der Waals surface area contributed by atoms with Gasteiger partial charge >= 0.3 is 0 Å². The molecule has 0 aliphatic carbocycles. The van der Waals surface area contributed by atoms with Crippen LogP contribution in [-0.2, 0) is 22.3 Å². The maximum absolute atomic E-state index is 12.5. The maximum atomic E-state index is 12.5. The summed E-state index contributed by atoms with van der Waals surface area (Å²) in [6.07, 6.45) is 0. The third-order valence-corrected chi connectivity index (χ3v) is 5.82. The molecule has 8 heteroatoms. The second-order valence-corrected chi connectivity index (χ2v) is 8.52. The Bertz CT molecular complexity index is 1090. The van der Waals surface area contributed by atoms with Gasteiger partial charge in [-0.05, 0) is 43.3 Å². The van der Waals surface area contributed by atoms with Crippen molar-refractivity contribution in [3.05, 3.63) is 69.9 Å². The Hall–Kier alpha value is -2.35. The van der Waals surface area contributed by atoms with Crippen LogP contribution < -0.4 is 10.0 Å². The fourth-order valence-electron chi connectivity index (χ4n) is 2.72. The average molecular weight is 407 g/mol. The molecule has 1 heterocycles. The minimum absolute atomic E-state index is 0.0864. The van der Waals surface area contributed by atoms with E-state index in [2.05, 4.69) is 10.0 Å².